The molecular formula is C14H22N2O. The third-order valence-corrected chi connectivity index (χ3v) is 1.54. The minimum Gasteiger partial charge on any atom is -0.397 e. The van der Waals surface area contributed by atoms with Gasteiger partial charge in [-0.05, 0) is 25.1 Å². The minimum absolute atomic E-state index is 0.166. The average Bonchev–Trinajstić information content (AvgIpc) is 2.37. The van der Waals surface area contributed by atoms with Crippen LogP contribution in [0.15, 0.2) is 49.6 Å². The van der Waals surface area contributed by atoms with Gasteiger partial charge in [0.25, 0.3) is 0 Å². The summed E-state index contributed by atoms with van der Waals surface area (Å²) in [4.78, 5) is 11.1. The van der Waals surface area contributed by atoms with Gasteiger partial charge in [0.05, 0.1) is 11.4 Å². The first kappa shape index (κ1) is 17.4. The van der Waals surface area contributed by atoms with E-state index in [0.29, 0.717) is 11.4 Å². The Labute approximate surface area is 104 Å². The molecule has 94 valence electrons. The highest BCUT2D eigenvalue weighted by atomic mass is 16.1. The van der Waals surface area contributed by atoms with Gasteiger partial charge in [-0.25, -0.2) is 0 Å². The molecule has 0 bridgehead atoms. The maximum absolute atomic E-state index is 11.1. The predicted octanol–water partition coefficient (Wildman–Crippen LogP) is 3.61. The number of hydrogen-bond acceptors (Lipinski definition) is 2. The molecule has 0 fully saturated rings. The van der Waals surface area contributed by atoms with E-state index in [1.807, 2.05) is 26.0 Å². The number of nitrogens with one attached hydrogen (secondary N) is 1. The first-order chi connectivity index (χ1) is 8.24. The number of carbonyl (C=O) groups excluding carboxylic acids is 1. The van der Waals surface area contributed by atoms with Gasteiger partial charge in [-0.2, -0.15) is 0 Å². The Bertz CT molecular complexity index is 346. The lowest BCUT2D eigenvalue weighted by atomic mass is 10.2. The van der Waals surface area contributed by atoms with E-state index in [2.05, 4.69) is 18.5 Å². The van der Waals surface area contributed by atoms with E-state index in [-0.39, 0.29) is 5.91 Å². The van der Waals surface area contributed by atoms with Crippen molar-refractivity contribution in [3.63, 3.8) is 0 Å². The first-order valence-corrected chi connectivity index (χ1v) is 5.52. The van der Waals surface area contributed by atoms with Crippen molar-refractivity contribution in [3.05, 3.63) is 49.6 Å². The number of para-hydroxylation sites is 2. The number of nitrogen functional groups attached to an aromatic ring is 1. The summed E-state index contributed by atoms with van der Waals surface area (Å²) in [5, 5.41) is 2.66. The molecule has 0 unspecified atom stereocenters. The zero-order valence-corrected chi connectivity index (χ0v) is 10.9. The second kappa shape index (κ2) is 12.0. The molecule has 1 aromatic carbocycles. The van der Waals surface area contributed by atoms with Gasteiger partial charge < -0.3 is 11.1 Å². The lowest BCUT2D eigenvalue weighted by Gasteiger charge is -2.04. The predicted molar refractivity (Wildman–Crippen MR) is 76.9 cm³/mol. The minimum atomic E-state index is -0.166. The number of benzene rings is 1. The van der Waals surface area contributed by atoms with Crippen molar-refractivity contribution < 1.29 is 4.79 Å². The van der Waals surface area contributed by atoms with Gasteiger partial charge in [0.2, 0.25) is 5.91 Å². The summed E-state index contributed by atoms with van der Waals surface area (Å²) in [6.45, 7) is 11.8. The SMILES string of the molecule is C/C=C/C(=O)Nc1ccccc1N.C=C.CC. The van der Waals surface area contributed by atoms with Crippen LogP contribution in [-0.4, -0.2) is 5.91 Å². The molecule has 1 aromatic rings. The van der Waals surface area contributed by atoms with Crippen LogP contribution in [0.2, 0.25) is 0 Å². The molecule has 1 amide bonds. The molecule has 0 spiro atoms. The zero-order chi connectivity index (χ0) is 13.7. The first-order valence-electron chi connectivity index (χ1n) is 5.52. The van der Waals surface area contributed by atoms with Crippen LogP contribution in [0.4, 0.5) is 11.4 Å². The highest BCUT2D eigenvalue weighted by Gasteiger charge is 1.99. The van der Waals surface area contributed by atoms with Gasteiger partial charge in [-0.1, -0.05) is 32.1 Å². The molecule has 1 rings (SSSR count). The Kier molecular flexibility index (Phi) is 12.3. The number of hydrogen-bond donors (Lipinski definition) is 2. The molecule has 0 radical (unpaired) electrons. The fourth-order valence-corrected chi connectivity index (χ4v) is 0.937. The molecule has 3 N–H and O–H groups in total. The lowest BCUT2D eigenvalue weighted by Crippen LogP contribution is -2.09. The number of nitrogens with two attached hydrogens (primary N) is 1. The quantitative estimate of drug-likeness (QED) is 0.466. The number of rotatable bonds is 2. The van der Waals surface area contributed by atoms with Crippen LogP contribution in [-0.2, 0) is 4.79 Å². The van der Waals surface area contributed by atoms with Gasteiger partial charge >= 0.3 is 0 Å². The van der Waals surface area contributed by atoms with Crippen LogP contribution in [0.25, 0.3) is 0 Å². The molecule has 0 aliphatic heterocycles. The Hall–Kier alpha value is -2.03. The van der Waals surface area contributed by atoms with Crippen LogP contribution in [0.1, 0.15) is 20.8 Å². The van der Waals surface area contributed by atoms with E-state index < -0.39 is 0 Å². The van der Waals surface area contributed by atoms with E-state index in [1.165, 1.54) is 6.08 Å². The van der Waals surface area contributed by atoms with Crippen molar-refractivity contribution in [1.82, 2.24) is 0 Å². The topological polar surface area (TPSA) is 55.1 Å². The Morgan fingerprint density at radius 3 is 2.29 bits per heavy atom. The van der Waals surface area contributed by atoms with Crippen molar-refractivity contribution in [2.75, 3.05) is 11.1 Å². The molecule has 0 aromatic heterocycles. The van der Waals surface area contributed by atoms with Crippen LogP contribution in [0.5, 0.6) is 0 Å². The summed E-state index contributed by atoms with van der Waals surface area (Å²) < 4.78 is 0. The van der Waals surface area contributed by atoms with Gasteiger partial charge in [-0.3, -0.25) is 4.79 Å². The third-order valence-electron chi connectivity index (χ3n) is 1.54. The van der Waals surface area contributed by atoms with Crippen molar-refractivity contribution in [2.45, 2.75) is 20.8 Å². The third kappa shape index (κ3) is 7.85. The summed E-state index contributed by atoms with van der Waals surface area (Å²) >= 11 is 0. The van der Waals surface area contributed by atoms with Crippen molar-refractivity contribution >= 4 is 17.3 Å². The largest absolute Gasteiger partial charge is 0.397 e. The summed E-state index contributed by atoms with van der Waals surface area (Å²) in [7, 11) is 0. The van der Waals surface area contributed by atoms with Gasteiger partial charge in [-0.15, -0.1) is 13.2 Å². The summed E-state index contributed by atoms with van der Waals surface area (Å²) in [5.41, 5.74) is 6.84. The fourth-order valence-electron chi connectivity index (χ4n) is 0.937. The molecule has 0 saturated heterocycles. The maximum atomic E-state index is 11.1. The van der Waals surface area contributed by atoms with Crippen LogP contribution < -0.4 is 11.1 Å². The van der Waals surface area contributed by atoms with Gasteiger partial charge in [0, 0.05) is 0 Å². The van der Waals surface area contributed by atoms with Crippen LogP contribution >= 0.6 is 0 Å². The molecule has 0 aliphatic rings. The van der Waals surface area contributed by atoms with Gasteiger partial charge in [0.15, 0.2) is 0 Å². The summed E-state index contributed by atoms with van der Waals surface area (Å²) in [6, 6.07) is 7.14. The van der Waals surface area contributed by atoms with E-state index in [1.54, 1.807) is 25.1 Å². The molecule has 0 atom stereocenters. The number of anilines is 2. The van der Waals surface area contributed by atoms with E-state index in [4.69, 9.17) is 5.73 Å². The lowest BCUT2D eigenvalue weighted by molar-refractivity contribution is -0.111. The summed E-state index contributed by atoms with van der Waals surface area (Å²) in [5.74, 6) is -0.166. The molecule has 0 heterocycles. The average molecular weight is 234 g/mol. The highest BCUT2D eigenvalue weighted by Crippen LogP contribution is 2.16. The smallest absolute Gasteiger partial charge is 0.248 e. The van der Waals surface area contributed by atoms with E-state index in [9.17, 15) is 4.79 Å². The zero-order valence-electron chi connectivity index (χ0n) is 10.9. The van der Waals surface area contributed by atoms with E-state index in [0.717, 1.165) is 0 Å². The molecule has 3 heteroatoms. The van der Waals surface area contributed by atoms with Crippen LogP contribution in [0.3, 0.4) is 0 Å². The monoisotopic (exact) mass is 234 g/mol. The maximum Gasteiger partial charge on any atom is 0.248 e. The fraction of sp³-hybridized carbons (Fsp3) is 0.214. The Balaban J connectivity index is 0. The molecule has 17 heavy (non-hydrogen) atoms. The normalized spacial score (nSPS) is 8.41. The van der Waals surface area contributed by atoms with Gasteiger partial charge in [0.1, 0.15) is 0 Å². The van der Waals surface area contributed by atoms with E-state index >= 15 is 0 Å². The Morgan fingerprint density at radius 2 is 1.82 bits per heavy atom. The number of amides is 1. The molecule has 3 nitrogen and oxygen atoms in total. The Morgan fingerprint density at radius 1 is 1.29 bits per heavy atom. The second-order valence-electron chi connectivity index (χ2n) is 2.58. The molecule has 0 saturated carbocycles. The molecular weight excluding hydrogens is 212 g/mol. The standard InChI is InChI=1S/C10H12N2O.C2H6.C2H4/c1-2-5-10(13)12-9-7-4-3-6-8(9)11;2*1-2/h2-7H,11H2,1H3,(H,12,13);1-2H3;1-2H2/b5-2+;;. The summed E-state index contributed by atoms with van der Waals surface area (Å²) in [6.07, 6.45) is 3.13. The molecule has 0 aliphatic carbocycles. The van der Waals surface area contributed by atoms with Crippen molar-refractivity contribution in [2.24, 2.45) is 0 Å². The number of carbonyl (C=O) groups is 1. The highest BCUT2D eigenvalue weighted by molar-refractivity contribution is 6.01. The van der Waals surface area contributed by atoms with Crippen molar-refractivity contribution in [3.8, 4) is 0 Å². The second-order valence-corrected chi connectivity index (χ2v) is 2.58. The van der Waals surface area contributed by atoms with Crippen molar-refractivity contribution in [1.29, 1.82) is 0 Å². The van der Waals surface area contributed by atoms with Crippen LogP contribution in [0, 0.1) is 0 Å². The number of allylic oxidation sites excluding steroid dienone is 1.